The first-order valence-electron chi connectivity index (χ1n) is 13.4. The minimum Gasteiger partial charge on any atom is -0.462 e. The maximum Gasteiger partial charge on any atom is 0.358 e. The van der Waals surface area contributed by atoms with Gasteiger partial charge in [0, 0.05) is 29.3 Å². The number of carbonyl (C=O) groups is 2. The second-order valence-corrected chi connectivity index (χ2v) is 11.7. The van der Waals surface area contributed by atoms with E-state index in [4.69, 9.17) is 0 Å². The van der Waals surface area contributed by atoms with Gasteiger partial charge in [-0.3, -0.25) is 9.59 Å². The Morgan fingerprint density at radius 2 is 1.95 bits per heavy atom. The van der Waals surface area contributed by atoms with Crippen LogP contribution in [0.1, 0.15) is 60.5 Å². The zero-order valence-corrected chi connectivity index (χ0v) is 22.3. The molecule has 1 fully saturated rings. The molecule has 3 N–H and O–H groups in total. The monoisotopic (exact) mass is 527 g/mol. The molecule has 3 aromatic rings. The number of rotatable bonds is 4. The van der Waals surface area contributed by atoms with Crippen molar-refractivity contribution in [2.24, 2.45) is 5.41 Å². The highest BCUT2D eigenvalue weighted by atomic mass is 19.1. The average molecular weight is 528 g/mol. The van der Waals surface area contributed by atoms with E-state index in [2.05, 4.69) is 15.3 Å². The number of nitrogens with zero attached hydrogens (tertiary/aromatic N) is 2. The Morgan fingerprint density at radius 1 is 1.15 bits per heavy atom. The zero-order valence-electron chi connectivity index (χ0n) is 22.3. The highest BCUT2D eigenvalue weighted by molar-refractivity contribution is 6.06. The molecule has 2 aliphatic heterocycles. The van der Waals surface area contributed by atoms with Crippen LogP contribution in [0.15, 0.2) is 54.7 Å². The number of carbonyl (C=O) groups excluding carboxylic acids is 2. The third kappa shape index (κ3) is 4.18. The van der Waals surface area contributed by atoms with Crippen molar-refractivity contribution in [1.82, 2.24) is 9.88 Å². The van der Waals surface area contributed by atoms with Crippen molar-refractivity contribution in [3.8, 4) is 0 Å². The normalized spacial score (nSPS) is 23.6. The van der Waals surface area contributed by atoms with Gasteiger partial charge in [-0.05, 0) is 67.0 Å². The summed E-state index contributed by atoms with van der Waals surface area (Å²) in [6.45, 7) is 5.56. The van der Waals surface area contributed by atoms with E-state index in [1.165, 1.54) is 6.07 Å². The van der Waals surface area contributed by atoms with Gasteiger partial charge < -0.3 is 15.3 Å². The molecule has 7 nitrogen and oxygen atoms in total. The van der Waals surface area contributed by atoms with Crippen LogP contribution in [0.25, 0.3) is 0 Å². The number of aliphatic hydroxyl groups is 1. The van der Waals surface area contributed by atoms with Crippen LogP contribution in [-0.2, 0) is 27.8 Å². The highest BCUT2D eigenvalue weighted by Gasteiger charge is 2.51. The lowest BCUT2D eigenvalue weighted by atomic mass is 9.78. The summed E-state index contributed by atoms with van der Waals surface area (Å²) in [5.41, 5.74) is 3.90. The number of pyridine rings is 1. The van der Waals surface area contributed by atoms with Crippen LogP contribution in [-0.4, -0.2) is 39.2 Å². The van der Waals surface area contributed by atoms with Gasteiger partial charge in [-0.2, -0.15) is 4.99 Å². The molecule has 2 amide bonds. The molecule has 2 atom stereocenters. The first-order valence-corrected chi connectivity index (χ1v) is 13.4. The number of aromatic nitrogens is 1. The molecule has 200 valence electrons. The Balaban J connectivity index is 1.26. The minimum atomic E-state index is -0.664. The largest absolute Gasteiger partial charge is 0.462 e. The van der Waals surface area contributed by atoms with Crippen molar-refractivity contribution in [3.05, 3.63) is 88.4 Å². The van der Waals surface area contributed by atoms with E-state index in [0.29, 0.717) is 36.3 Å². The molecule has 0 radical (unpaired) electrons. The lowest BCUT2D eigenvalue weighted by Crippen LogP contribution is -2.69. The maximum absolute atomic E-state index is 13.9. The van der Waals surface area contributed by atoms with Crippen LogP contribution in [0.4, 0.5) is 15.9 Å². The average Bonchev–Trinajstić information content (AvgIpc) is 3.41. The van der Waals surface area contributed by atoms with Crippen molar-refractivity contribution < 1.29 is 24.1 Å². The number of aryl methyl sites for hydroxylation is 1. The zero-order chi connectivity index (χ0) is 27.5. The molecule has 1 aliphatic carbocycles. The first kappa shape index (κ1) is 25.2. The summed E-state index contributed by atoms with van der Waals surface area (Å²) in [6.07, 6.45) is 4.25. The number of aliphatic hydroxyl groups excluding tert-OH is 1. The van der Waals surface area contributed by atoms with Crippen LogP contribution in [0, 0.1) is 18.2 Å². The van der Waals surface area contributed by atoms with Crippen LogP contribution < -0.4 is 10.3 Å². The van der Waals surface area contributed by atoms with Gasteiger partial charge in [-0.1, -0.05) is 38.1 Å². The van der Waals surface area contributed by atoms with Gasteiger partial charge in [0.15, 0.2) is 0 Å². The fraction of sp³-hybridized carbons (Fsp3) is 0.355. The summed E-state index contributed by atoms with van der Waals surface area (Å²) in [4.78, 5) is 35.6. The molecule has 1 saturated heterocycles. The molecule has 0 unspecified atom stereocenters. The van der Waals surface area contributed by atoms with Crippen molar-refractivity contribution >= 4 is 29.2 Å². The molecular formula is C31H32FN4O3+. The van der Waals surface area contributed by atoms with Gasteiger partial charge in [-0.25, -0.2) is 9.37 Å². The van der Waals surface area contributed by atoms with E-state index in [0.717, 1.165) is 28.7 Å². The molecule has 0 bridgehead atoms. The number of hydrogen-bond donors (Lipinski definition) is 3. The molecule has 8 heteroatoms. The predicted octanol–water partition coefficient (Wildman–Crippen LogP) is 3.58. The van der Waals surface area contributed by atoms with Gasteiger partial charge in [0.25, 0.3) is 0 Å². The summed E-state index contributed by atoms with van der Waals surface area (Å²) in [5.74, 6) is 0.205. The van der Waals surface area contributed by atoms with E-state index < -0.39 is 10.8 Å². The van der Waals surface area contributed by atoms with Crippen molar-refractivity contribution in [1.29, 1.82) is 0 Å². The van der Waals surface area contributed by atoms with Crippen molar-refractivity contribution in [3.63, 3.8) is 0 Å². The Bertz CT molecular complexity index is 1550. The molecule has 2 aromatic carbocycles. The van der Waals surface area contributed by atoms with E-state index in [1.807, 2.05) is 44.2 Å². The maximum atomic E-state index is 13.9. The number of amides is 2. The second-order valence-electron chi connectivity index (χ2n) is 11.7. The number of nitrogens with one attached hydrogen (secondary N) is 2. The summed E-state index contributed by atoms with van der Waals surface area (Å²) in [6, 6.07) is 14.3. The molecule has 3 heterocycles. The third-order valence-corrected chi connectivity index (χ3v) is 8.61. The molecule has 1 spiro atoms. The molecular weight excluding hydrogens is 495 g/mol. The SMILES string of the molecule is Cc1cc([C@@H]2CCC(C)(C)C(=O)N2CC(O)=[NH+]c2ccc3c(c2)C[C@@]2(C3)C(=O)Nc3ncccc32)ccc1F. The standard InChI is InChI=1S/C31H31FN4O3/c1-18-13-19(7-9-24(18)32)25-10-11-30(2,3)29(39)36(25)17-26(37)34-22-8-6-20-15-31(16-21(20)14-22)23-5-4-12-33-27(23)35-28(31)38/h4-9,12-14,25H,10-11,15-17H2,1-3H3,(H,34,37)(H,33,35,38)/p+1/t25-,31+/m0/s1. The summed E-state index contributed by atoms with van der Waals surface area (Å²) in [5, 5.41) is 13.9. The Morgan fingerprint density at radius 3 is 2.74 bits per heavy atom. The fourth-order valence-corrected chi connectivity index (χ4v) is 6.41. The van der Waals surface area contributed by atoms with Gasteiger partial charge in [-0.15, -0.1) is 0 Å². The number of halogens is 1. The van der Waals surface area contributed by atoms with Crippen LogP contribution in [0.3, 0.4) is 0 Å². The molecule has 0 saturated carbocycles. The number of benzene rings is 2. The fourth-order valence-electron chi connectivity index (χ4n) is 6.41. The Kier molecular flexibility index (Phi) is 5.82. The number of likely N-dealkylation sites (tertiary alicyclic amines) is 1. The minimum absolute atomic E-state index is 0.00578. The number of anilines is 1. The highest BCUT2D eigenvalue weighted by Crippen LogP contribution is 2.46. The van der Waals surface area contributed by atoms with Crippen LogP contribution >= 0.6 is 0 Å². The second kappa shape index (κ2) is 9.00. The summed E-state index contributed by atoms with van der Waals surface area (Å²) < 4.78 is 13.9. The van der Waals surface area contributed by atoms with Gasteiger partial charge in [0.1, 0.15) is 18.2 Å². The van der Waals surface area contributed by atoms with Crippen molar-refractivity contribution in [2.45, 2.75) is 57.9 Å². The van der Waals surface area contributed by atoms with Crippen LogP contribution in [0.5, 0.6) is 0 Å². The lowest BCUT2D eigenvalue weighted by molar-refractivity contribution is -0.367. The van der Waals surface area contributed by atoms with Gasteiger partial charge >= 0.3 is 5.90 Å². The molecule has 6 rings (SSSR count). The van der Waals surface area contributed by atoms with E-state index in [9.17, 15) is 19.1 Å². The van der Waals surface area contributed by atoms with E-state index >= 15 is 0 Å². The summed E-state index contributed by atoms with van der Waals surface area (Å²) in [7, 11) is 0. The number of piperidine rings is 1. The topological polar surface area (TPSA) is 96.5 Å². The van der Waals surface area contributed by atoms with Crippen LogP contribution in [0.2, 0.25) is 0 Å². The summed E-state index contributed by atoms with van der Waals surface area (Å²) >= 11 is 0. The first-order chi connectivity index (χ1) is 18.6. The van der Waals surface area contributed by atoms with Crippen molar-refractivity contribution in [2.75, 3.05) is 11.9 Å². The smallest absolute Gasteiger partial charge is 0.358 e. The predicted molar refractivity (Wildman–Crippen MR) is 145 cm³/mol. The third-order valence-electron chi connectivity index (χ3n) is 8.61. The quantitative estimate of drug-likeness (QED) is 0.357. The van der Waals surface area contributed by atoms with E-state index in [1.54, 1.807) is 30.2 Å². The lowest BCUT2D eigenvalue weighted by Gasteiger charge is -2.42. The Hall–Kier alpha value is -4.07. The number of fused-ring (bicyclic) bond motifs is 3. The number of hydrogen-bond acceptors (Lipinski definition) is 3. The molecule has 3 aliphatic rings. The Labute approximate surface area is 226 Å². The van der Waals surface area contributed by atoms with E-state index in [-0.39, 0.29) is 36.1 Å². The van der Waals surface area contributed by atoms with Gasteiger partial charge in [0.05, 0.1) is 11.5 Å². The molecule has 1 aromatic heterocycles. The van der Waals surface area contributed by atoms with Gasteiger partial charge in [0.2, 0.25) is 17.5 Å². The molecule has 39 heavy (non-hydrogen) atoms.